The summed E-state index contributed by atoms with van der Waals surface area (Å²) in [6.07, 6.45) is 4.48. The predicted octanol–water partition coefficient (Wildman–Crippen LogP) is 1.51. The first-order valence-corrected chi connectivity index (χ1v) is 6.36. The van der Waals surface area contributed by atoms with E-state index in [0.717, 1.165) is 31.5 Å². The first-order valence-electron chi connectivity index (χ1n) is 6.36. The number of benzene rings is 1. The minimum atomic E-state index is 0.0517. The molecule has 17 heavy (non-hydrogen) atoms. The number of amides is 1. The molecule has 1 aromatic rings. The van der Waals surface area contributed by atoms with Crippen LogP contribution in [0.5, 0.6) is 0 Å². The minimum absolute atomic E-state index is 0.0517. The lowest BCUT2D eigenvalue weighted by molar-refractivity contribution is 0.0953. The molecule has 0 radical (unpaired) electrons. The second-order valence-corrected chi connectivity index (χ2v) is 4.55. The molecule has 2 N–H and O–H groups in total. The van der Waals surface area contributed by atoms with E-state index in [4.69, 9.17) is 0 Å². The Labute approximate surface area is 103 Å². The van der Waals surface area contributed by atoms with Crippen LogP contribution in [0.4, 0.5) is 0 Å². The Morgan fingerprint density at radius 2 is 2.06 bits per heavy atom. The third kappa shape index (κ3) is 3.07. The van der Waals surface area contributed by atoms with Crippen molar-refractivity contribution in [3.8, 4) is 0 Å². The number of nitrogens with one attached hydrogen (secondary N) is 2. The highest BCUT2D eigenvalue weighted by atomic mass is 16.1. The number of rotatable bonds is 5. The zero-order valence-corrected chi connectivity index (χ0v) is 10.4. The topological polar surface area (TPSA) is 41.1 Å². The molecule has 92 valence electrons. The Bertz CT molecular complexity index is 401. The molecule has 0 saturated carbocycles. The second-order valence-electron chi connectivity index (χ2n) is 4.55. The summed E-state index contributed by atoms with van der Waals surface area (Å²) in [6.45, 7) is 1.67. The van der Waals surface area contributed by atoms with E-state index in [-0.39, 0.29) is 5.91 Å². The number of carbonyl (C=O) groups excluding carboxylic acids is 1. The van der Waals surface area contributed by atoms with Crippen LogP contribution in [-0.4, -0.2) is 26.0 Å². The van der Waals surface area contributed by atoms with Gasteiger partial charge in [-0.1, -0.05) is 6.07 Å². The molecule has 2 rings (SSSR count). The molecule has 0 unspecified atom stereocenters. The van der Waals surface area contributed by atoms with Crippen LogP contribution in [0.1, 0.15) is 34.3 Å². The maximum Gasteiger partial charge on any atom is 0.251 e. The fourth-order valence-electron chi connectivity index (χ4n) is 2.28. The van der Waals surface area contributed by atoms with E-state index in [0.29, 0.717) is 0 Å². The van der Waals surface area contributed by atoms with E-state index in [2.05, 4.69) is 22.8 Å². The highest BCUT2D eigenvalue weighted by Gasteiger charge is 2.13. The van der Waals surface area contributed by atoms with E-state index in [1.165, 1.54) is 24.0 Å². The van der Waals surface area contributed by atoms with Crippen LogP contribution < -0.4 is 10.6 Å². The van der Waals surface area contributed by atoms with Crippen molar-refractivity contribution in [3.63, 3.8) is 0 Å². The molecule has 0 atom stereocenters. The molecule has 0 heterocycles. The van der Waals surface area contributed by atoms with Crippen LogP contribution in [0.3, 0.4) is 0 Å². The van der Waals surface area contributed by atoms with Crippen molar-refractivity contribution < 1.29 is 4.79 Å². The summed E-state index contributed by atoms with van der Waals surface area (Å²) in [4.78, 5) is 11.9. The van der Waals surface area contributed by atoms with Crippen LogP contribution in [0.25, 0.3) is 0 Å². The summed E-state index contributed by atoms with van der Waals surface area (Å²) < 4.78 is 0. The quantitative estimate of drug-likeness (QED) is 0.756. The summed E-state index contributed by atoms with van der Waals surface area (Å²) in [5, 5.41) is 6.01. The van der Waals surface area contributed by atoms with Crippen molar-refractivity contribution in [3.05, 3.63) is 34.9 Å². The van der Waals surface area contributed by atoms with E-state index < -0.39 is 0 Å². The normalized spacial score (nSPS) is 13.5. The third-order valence-corrected chi connectivity index (χ3v) is 3.25. The zero-order chi connectivity index (χ0) is 12.1. The summed E-state index contributed by atoms with van der Waals surface area (Å²) in [6, 6.07) is 6.10. The van der Waals surface area contributed by atoms with Crippen LogP contribution in [-0.2, 0) is 12.8 Å². The molecule has 1 aliphatic rings. The number of aryl methyl sites for hydroxylation is 2. The van der Waals surface area contributed by atoms with Crippen molar-refractivity contribution in [2.45, 2.75) is 25.7 Å². The molecule has 1 aromatic carbocycles. The summed E-state index contributed by atoms with van der Waals surface area (Å²) in [5.41, 5.74) is 3.57. The molecule has 0 saturated heterocycles. The van der Waals surface area contributed by atoms with Gasteiger partial charge in [0.1, 0.15) is 0 Å². The lowest BCUT2D eigenvalue weighted by Crippen LogP contribution is -2.26. The van der Waals surface area contributed by atoms with Gasteiger partial charge in [0.05, 0.1) is 0 Å². The minimum Gasteiger partial charge on any atom is -0.352 e. The molecule has 3 nitrogen and oxygen atoms in total. The first kappa shape index (κ1) is 12.1. The Morgan fingerprint density at radius 3 is 2.88 bits per heavy atom. The van der Waals surface area contributed by atoms with Crippen molar-refractivity contribution in [2.24, 2.45) is 0 Å². The molecular formula is C14H20N2O. The monoisotopic (exact) mass is 232 g/mol. The van der Waals surface area contributed by atoms with Crippen LogP contribution in [0, 0.1) is 0 Å². The molecule has 0 bridgehead atoms. The van der Waals surface area contributed by atoms with Crippen molar-refractivity contribution in [1.82, 2.24) is 10.6 Å². The lowest BCUT2D eigenvalue weighted by Gasteiger charge is -2.06. The molecule has 1 amide bonds. The van der Waals surface area contributed by atoms with Crippen LogP contribution in [0.2, 0.25) is 0 Å². The highest BCUT2D eigenvalue weighted by Crippen LogP contribution is 2.22. The van der Waals surface area contributed by atoms with Gasteiger partial charge < -0.3 is 10.6 Å². The highest BCUT2D eigenvalue weighted by molar-refractivity contribution is 5.94. The van der Waals surface area contributed by atoms with Crippen molar-refractivity contribution in [2.75, 3.05) is 20.1 Å². The standard InChI is InChI=1S/C14H20N2O/c1-15-8-3-9-16-14(17)13-7-6-11-4-2-5-12(11)10-13/h6-7,10,15H,2-5,8-9H2,1H3,(H,16,17). The second kappa shape index (κ2) is 5.82. The summed E-state index contributed by atoms with van der Waals surface area (Å²) in [5.74, 6) is 0.0517. The van der Waals surface area contributed by atoms with Gasteiger partial charge in [0.2, 0.25) is 0 Å². The molecule has 0 aromatic heterocycles. The van der Waals surface area contributed by atoms with Gasteiger partial charge >= 0.3 is 0 Å². The average molecular weight is 232 g/mol. The molecule has 3 heteroatoms. The smallest absolute Gasteiger partial charge is 0.251 e. The molecule has 0 spiro atoms. The van der Waals surface area contributed by atoms with E-state index >= 15 is 0 Å². The average Bonchev–Trinajstić information content (AvgIpc) is 2.81. The Balaban J connectivity index is 1.91. The van der Waals surface area contributed by atoms with E-state index in [1.54, 1.807) is 0 Å². The number of carbonyl (C=O) groups is 1. The summed E-state index contributed by atoms with van der Waals surface area (Å²) in [7, 11) is 1.92. The fourth-order valence-corrected chi connectivity index (χ4v) is 2.28. The summed E-state index contributed by atoms with van der Waals surface area (Å²) >= 11 is 0. The van der Waals surface area contributed by atoms with Gasteiger partial charge in [-0.2, -0.15) is 0 Å². The molecule has 0 aliphatic heterocycles. The van der Waals surface area contributed by atoms with Crippen LogP contribution in [0.15, 0.2) is 18.2 Å². The van der Waals surface area contributed by atoms with Gasteiger partial charge in [0.15, 0.2) is 0 Å². The SMILES string of the molecule is CNCCCNC(=O)c1ccc2c(c1)CCC2. The molecular weight excluding hydrogens is 212 g/mol. The molecule has 1 aliphatic carbocycles. The van der Waals surface area contributed by atoms with Gasteiger partial charge in [-0.25, -0.2) is 0 Å². The van der Waals surface area contributed by atoms with Gasteiger partial charge in [0, 0.05) is 12.1 Å². The Hall–Kier alpha value is -1.35. The molecule has 0 fully saturated rings. The maximum atomic E-state index is 11.9. The van der Waals surface area contributed by atoms with Crippen molar-refractivity contribution >= 4 is 5.91 Å². The zero-order valence-electron chi connectivity index (χ0n) is 10.4. The van der Waals surface area contributed by atoms with Crippen molar-refractivity contribution in [1.29, 1.82) is 0 Å². The predicted molar refractivity (Wildman–Crippen MR) is 69.3 cm³/mol. The van der Waals surface area contributed by atoms with Gasteiger partial charge in [-0.3, -0.25) is 4.79 Å². The fraction of sp³-hybridized carbons (Fsp3) is 0.500. The maximum absolute atomic E-state index is 11.9. The van der Waals surface area contributed by atoms with Crippen LogP contribution >= 0.6 is 0 Å². The number of fused-ring (bicyclic) bond motifs is 1. The largest absolute Gasteiger partial charge is 0.352 e. The number of hydrogen-bond donors (Lipinski definition) is 2. The van der Waals surface area contributed by atoms with Gasteiger partial charge in [-0.05, 0) is 62.5 Å². The van der Waals surface area contributed by atoms with Gasteiger partial charge in [0.25, 0.3) is 5.91 Å². The van der Waals surface area contributed by atoms with E-state index in [1.807, 2.05) is 13.1 Å². The Morgan fingerprint density at radius 1 is 1.24 bits per heavy atom. The number of hydrogen-bond acceptors (Lipinski definition) is 2. The first-order chi connectivity index (χ1) is 8.31. The third-order valence-electron chi connectivity index (χ3n) is 3.25. The van der Waals surface area contributed by atoms with E-state index in [9.17, 15) is 4.79 Å². The lowest BCUT2D eigenvalue weighted by atomic mass is 10.1. The Kier molecular flexibility index (Phi) is 4.15. The van der Waals surface area contributed by atoms with Gasteiger partial charge in [-0.15, -0.1) is 0 Å².